The number of rotatable bonds is 8. The standard InChI is InChI=1S/C34H32F2O4/c1-6-23-21(5)27(35)17-25-31(26-18-28(36)32(37)24(7-2)34(26)40-33(23)25)22-13-12-20(4)30(16-22)39-15-14-38-29-11-9-8-10-19(29)3/h8-13,16-18H,6-7,14-15H2,1-5H3. The van der Waals surface area contributed by atoms with Gasteiger partial charge in [0.15, 0.2) is 5.82 Å². The first-order valence-corrected chi connectivity index (χ1v) is 13.6. The monoisotopic (exact) mass is 542 g/mol. The summed E-state index contributed by atoms with van der Waals surface area (Å²) in [6, 6.07) is 16.1. The fraction of sp³-hybridized carbons (Fsp3) is 0.265. The summed E-state index contributed by atoms with van der Waals surface area (Å²) < 4.78 is 48.4. The van der Waals surface area contributed by atoms with Gasteiger partial charge in [0.25, 0.3) is 0 Å². The van der Waals surface area contributed by atoms with Crippen LogP contribution < -0.4 is 14.9 Å². The van der Waals surface area contributed by atoms with Gasteiger partial charge in [0.2, 0.25) is 5.43 Å². The van der Waals surface area contributed by atoms with Gasteiger partial charge in [0.05, 0.1) is 0 Å². The molecule has 0 N–H and O–H groups in total. The van der Waals surface area contributed by atoms with Crippen LogP contribution in [-0.4, -0.2) is 13.2 Å². The normalized spacial score (nSPS) is 11.4. The second-order valence-corrected chi connectivity index (χ2v) is 10.0. The van der Waals surface area contributed by atoms with E-state index in [1.165, 1.54) is 12.1 Å². The van der Waals surface area contributed by atoms with Crippen molar-refractivity contribution in [2.24, 2.45) is 0 Å². The van der Waals surface area contributed by atoms with Crippen molar-refractivity contribution in [3.8, 4) is 33.9 Å². The van der Waals surface area contributed by atoms with Gasteiger partial charge in [0.1, 0.15) is 41.9 Å². The highest BCUT2D eigenvalue weighted by Crippen LogP contribution is 2.44. The summed E-state index contributed by atoms with van der Waals surface area (Å²) in [5.41, 5.74) is 4.97. The maximum atomic E-state index is 15.2. The lowest BCUT2D eigenvalue weighted by Crippen LogP contribution is -2.15. The molecule has 3 aromatic carbocycles. The first-order chi connectivity index (χ1) is 19.2. The van der Waals surface area contributed by atoms with E-state index in [2.05, 4.69) is 0 Å². The van der Waals surface area contributed by atoms with E-state index < -0.39 is 11.2 Å². The zero-order chi connectivity index (χ0) is 28.6. The molecule has 0 saturated heterocycles. The third kappa shape index (κ3) is 4.83. The Bertz CT molecular complexity index is 1750. The van der Waals surface area contributed by atoms with Crippen molar-refractivity contribution in [1.82, 2.24) is 0 Å². The Kier molecular flexibility index (Phi) is 7.61. The Labute approximate surface area is 232 Å². The molecule has 206 valence electrons. The first-order valence-electron chi connectivity index (χ1n) is 13.6. The van der Waals surface area contributed by atoms with Crippen molar-refractivity contribution < 1.29 is 22.7 Å². The van der Waals surface area contributed by atoms with E-state index >= 15 is 4.39 Å². The summed E-state index contributed by atoms with van der Waals surface area (Å²) in [7, 11) is 0. The molecule has 0 fully saturated rings. The molecule has 0 spiro atoms. The molecule has 1 aliphatic carbocycles. The molecule has 2 aliphatic rings. The zero-order valence-corrected chi connectivity index (χ0v) is 23.4. The van der Waals surface area contributed by atoms with Crippen LogP contribution in [0, 0.1) is 32.4 Å². The van der Waals surface area contributed by atoms with Gasteiger partial charge in [-0.3, -0.25) is 4.79 Å². The highest BCUT2D eigenvalue weighted by Gasteiger charge is 2.26. The number of ether oxygens (including phenoxy) is 2. The molecule has 0 saturated carbocycles. The van der Waals surface area contributed by atoms with Gasteiger partial charge < -0.3 is 13.9 Å². The summed E-state index contributed by atoms with van der Waals surface area (Å²) >= 11 is 0. The van der Waals surface area contributed by atoms with Gasteiger partial charge in [0, 0.05) is 27.6 Å². The molecule has 0 amide bonds. The third-order valence-electron chi connectivity index (χ3n) is 7.50. The van der Waals surface area contributed by atoms with Crippen LogP contribution >= 0.6 is 0 Å². The minimum Gasteiger partial charge on any atom is -0.490 e. The second-order valence-electron chi connectivity index (χ2n) is 10.0. The number of fused-ring (bicyclic) bond motifs is 2. The van der Waals surface area contributed by atoms with E-state index in [-0.39, 0.29) is 11.4 Å². The Morgan fingerprint density at radius 2 is 1.45 bits per heavy atom. The van der Waals surface area contributed by atoms with Gasteiger partial charge in [-0.05, 0) is 80.1 Å². The smallest absolute Gasteiger partial charge is 0.221 e. The second kappa shape index (κ2) is 11.1. The Morgan fingerprint density at radius 3 is 2.15 bits per heavy atom. The van der Waals surface area contributed by atoms with Crippen LogP contribution in [0.15, 0.2) is 63.8 Å². The summed E-state index contributed by atoms with van der Waals surface area (Å²) in [6.45, 7) is 10.0. The molecule has 4 nitrogen and oxygen atoms in total. The summed E-state index contributed by atoms with van der Waals surface area (Å²) in [6.07, 6.45) is 0.830. The van der Waals surface area contributed by atoms with Crippen molar-refractivity contribution >= 4 is 11.0 Å². The molecule has 40 heavy (non-hydrogen) atoms. The first kappa shape index (κ1) is 27.4. The van der Waals surface area contributed by atoms with Crippen LogP contribution in [0.1, 0.15) is 41.7 Å². The molecule has 6 heteroatoms. The predicted molar refractivity (Wildman–Crippen MR) is 155 cm³/mol. The number of aryl methyl sites for hydroxylation is 3. The number of halogens is 2. The average molecular weight is 543 g/mol. The highest BCUT2D eigenvalue weighted by molar-refractivity contribution is 6.03. The molecule has 1 heterocycles. The zero-order valence-electron chi connectivity index (χ0n) is 23.4. The lowest BCUT2D eigenvalue weighted by molar-refractivity contribution is 0.215. The van der Waals surface area contributed by atoms with Crippen LogP contribution in [0.5, 0.6) is 11.5 Å². The van der Waals surface area contributed by atoms with E-state index in [4.69, 9.17) is 13.9 Å². The van der Waals surface area contributed by atoms with Crippen LogP contribution in [0.3, 0.4) is 0 Å². The summed E-state index contributed by atoms with van der Waals surface area (Å²) in [5, 5.41) is 0.519. The Balaban J connectivity index is 1.64. The molecular weight excluding hydrogens is 510 g/mol. The van der Waals surface area contributed by atoms with E-state index in [0.29, 0.717) is 76.4 Å². The minimum atomic E-state index is -0.861. The SMILES string of the molecule is CCc1c2oc3c(CC)c(C)c(F)cc3c(-c3ccc(C)c(OCCOc4ccccc4C)c3)c-2cc(F)c1=O. The van der Waals surface area contributed by atoms with Gasteiger partial charge in [-0.2, -0.15) is 0 Å². The number of para-hydroxylation sites is 1. The Morgan fingerprint density at radius 1 is 0.775 bits per heavy atom. The fourth-order valence-electron chi connectivity index (χ4n) is 5.29. The quantitative estimate of drug-likeness (QED) is 0.146. The molecule has 0 aromatic heterocycles. The molecule has 0 atom stereocenters. The van der Waals surface area contributed by atoms with Crippen LogP contribution in [0.2, 0.25) is 0 Å². The molecule has 1 aliphatic heterocycles. The maximum absolute atomic E-state index is 15.2. The van der Waals surface area contributed by atoms with Crippen molar-refractivity contribution in [1.29, 1.82) is 0 Å². The van der Waals surface area contributed by atoms with Crippen LogP contribution in [0.25, 0.3) is 33.4 Å². The van der Waals surface area contributed by atoms with Gasteiger partial charge in [-0.15, -0.1) is 0 Å². The third-order valence-corrected chi connectivity index (χ3v) is 7.50. The van der Waals surface area contributed by atoms with Gasteiger partial charge in [-0.25, -0.2) is 8.78 Å². The number of hydrogen-bond donors (Lipinski definition) is 0. The summed E-state index contributed by atoms with van der Waals surface area (Å²) in [4.78, 5) is 12.7. The predicted octanol–water partition coefficient (Wildman–Crippen LogP) is 8.35. The van der Waals surface area contributed by atoms with Crippen molar-refractivity contribution in [3.05, 3.63) is 104 Å². The van der Waals surface area contributed by atoms with E-state index in [9.17, 15) is 9.18 Å². The van der Waals surface area contributed by atoms with Crippen LogP contribution in [-0.2, 0) is 12.8 Å². The van der Waals surface area contributed by atoms with Crippen molar-refractivity contribution in [2.75, 3.05) is 13.2 Å². The average Bonchev–Trinajstić information content (AvgIpc) is 2.94. The highest BCUT2D eigenvalue weighted by atomic mass is 19.1. The fourth-order valence-corrected chi connectivity index (χ4v) is 5.29. The van der Waals surface area contributed by atoms with E-state index in [1.54, 1.807) is 13.8 Å². The van der Waals surface area contributed by atoms with Crippen molar-refractivity contribution in [3.63, 3.8) is 0 Å². The topological polar surface area (TPSA) is 48.7 Å². The maximum Gasteiger partial charge on any atom is 0.221 e. The van der Waals surface area contributed by atoms with Crippen LogP contribution in [0.4, 0.5) is 8.78 Å². The lowest BCUT2D eigenvalue weighted by Gasteiger charge is -2.21. The Hall–Kier alpha value is -4.19. The van der Waals surface area contributed by atoms with E-state index in [1.807, 2.05) is 63.2 Å². The van der Waals surface area contributed by atoms with Gasteiger partial charge >= 0.3 is 0 Å². The molecule has 5 rings (SSSR count). The number of hydrogen-bond acceptors (Lipinski definition) is 4. The minimum absolute atomic E-state index is 0.263. The molecular formula is C34H32F2O4. The molecule has 3 aromatic rings. The largest absolute Gasteiger partial charge is 0.490 e. The molecule has 0 unspecified atom stereocenters. The lowest BCUT2D eigenvalue weighted by atomic mass is 9.88. The van der Waals surface area contributed by atoms with E-state index in [0.717, 1.165) is 16.9 Å². The molecule has 0 bridgehead atoms. The number of benzene rings is 4. The van der Waals surface area contributed by atoms with Crippen molar-refractivity contribution in [2.45, 2.75) is 47.5 Å². The van der Waals surface area contributed by atoms with Gasteiger partial charge in [-0.1, -0.05) is 44.2 Å². The summed E-state index contributed by atoms with van der Waals surface area (Å²) in [5.74, 6) is 0.534. The molecule has 0 radical (unpaired) electrons.